The van der Waals surface area contributed by atoms with Gasteiger partial charge in [-0.25, -0.2) is 4.98 Å². The van der Waals surface area contributed by atoms with E-state index >= 15 is 0 Å². The van der Waals surface area contributed by atoms with E-state index in [1.54, 1.807) is 7.11 Å². The third-order valence-corrected chi connectivity index (χ3v) is 11.5. The maximum Gasteiger partial charge on any atom is 0.421 e. The van der Waals surface area contributed by atoms with Crippen LogP contribution >= 0.6 is 11.6 Å². The zero-order valence-electron chi connectivity index (χ0n) is 30.7. The average molecular weight is 789 g/mol. The minimum absolute atomic E-state index is 0.0209. The summed E-state index contributed by atoms with van der Waals surface area (Å²) in [6.45, 7) is 0.803. The van der Waals surface area contributed by atoms with Gasteiger partial charge < -0.3 is 24.6 Å². The molecule has 2 atom stereocenters. The lowest BCUT2D eigenvalue weighted by Crippen LogP contribution is -2.21. The fourth-order valence-electron chi connectivity index (χ4n) is 7.79. The molecule has 14 heteroatoms. The molecule has 7 rings (SSSR count). The van der Waals surface area contributed by atoms with Crippen molar-refractivity contribution in [2.45, 2.75) is 76.6 Å². The van der Waals surface area contributed by atoms with E-state index in [-0.39, 0.29) is 24.3 Å². The number of Topliss-reactive ketones (excluding diaryl/α,β-unsaturated/α-hetero) is 1. The Bertz CT molecular complexity index is 2200. The second-order valence-corrected chi connectivity index (χ2v) is 15.0. The Labute approximate surface area is 327 Å². The lowest BCUT2D eigenvalue weighted by atomic mass is 9.94. The van der Waals surface area contributed by atoms with Gasteiger partial charge in [-0.2, -0.15) is 23.4 Å². The molecule has 0 aliphatic heterocycles. The Morgan fingerprint density at radius 3 is 2.48 bits per heavy atom. The van der Waals surface area contributed by atoms with Crippen molar-refractivity contribution in [2.24, 2.45) is 11.3 Å². The number of nitrogens with zero attached hydrogens (tertiary/aromatic N) is 3. The van der Waals surface area contributed by atoms with E-state index < -0.39 is 41.7 Å². The minimum atomic E-state index is -4.84. The molecule has 0 radical (unpaired) electrons. The van der Waals surface area contributed by atoms with Gasteiger partial charge in [0.2, 0.25) is 17.6 Å². The number of carboxylic acid groups (broad SMARTS) is 1. The van der Waals surface area contributed by atoms with E-state index in [1.165, 1.54) is 0 Å². The van der Waals surface area contributed by atoms with E-state index in [4.69, 9.17) is 36.1 Å². The van der Waals surface area contributed by atoms with Crippen LogP contribution in [0.2, 0.25) is 5.02 Å². The molecule has 2 N–H and O–H groups in total. The number of halogens is 4. The number of rotatable bonds is 15. The van der Waals surface area contributed by atoms with Gasteiger partial charge in [-0.15, -0.1) is 0 Å². The van der Waals surface area contributed by atoms with Gasteiger partial charge in [-0.1, -0.05) is 54.1 Å². The Hall–Kier alpha value is -5.19. The number of carboxylic acids is 1. The molecule has 2 fully saturated rings. The van der Waals surface area contributed by atoms with Crippen molar-refractivity contribution in [1.29, 1.82) is 5.26 Å². The Balaban J connectivity index is 1.14. The number of hydrogen-bond donors (Lipinski definition) is 2. The maximum absolute atomic E-state index is 14.6. The highest BCUT2D eigenvalue weighted by Crippen LogP contribution is 2.51. The van der Waals surface area contributed by atoms with Crippen LogP contribution < -0.4 is 19.5 Å². The molecule has 2 saturated carbocycles. The molecule has 10 nitrogen and oxygen atoms in total. The second-order valence-electron chi connectivity index (χ2n) is 14.7. The van der Waals surface area contributed by atoms with Crippen LogP contribution in [0.1, 0.15) is 78.9 Å². The summed E-state index contributed by atoms with van der Waals surface area (Å²) in [4.78, 5) is 32.3. The molecule has 56 heavy (non-hydrogen) atoms. The third-order valence-electron chi connectivity index (χ3n) is 11.0. The summed E-state index contributed by atoms with van der Waals surface area (Å²) < 4.78 is 60.8. The smallest absolute Gasteiger partial charge is 0.421 e. The van der Waals surface area contributed by atoms with Crippen LogP contribution in [-0.4, -0.2) is 47.1 Å². The van der Waals surface area contributed by atoms with E-state index in [0.29, 0.717) is 84.5 Å². The van der Waals surface area contributed by atoms with Crippen molar-refractivity contribution < 1.29 is 42.1 Å². The number of aryl methyl sites for hydroxylation is 1. The number of ketones is 1. The first-order valence-electron chi connectivity index (χ1n) is 18.6. The van der Waals surface area contributed by atoms with Gasteiger partial charge >= 0.3 is 12.1 Å². The van der Waals surface area contributed by atoms with Gasteiger partial charge in [0, 0.05) is 41.6 Å². The van der Waals surface area contributed by atoms with Crippen LogP contribution in [-0.2, 0) is 35.2 Å². The molecule has 3 aliphatic rings. The van der Waals surface area contributed by atoms with Gasteiger partial charge in [0.15, 0.2) is 6.61 Å². The predicted molar refractivity (Wildman–Crippen MR) is 200 cm³/mol. The molecule has 2 aromatic heterocycles. The summed E-state index contributed by atoms with van der Waals surface area (Å²) in [7, 11) is 1.56. The van der Waals surface area contributed by atoms with Crippen molar-refractivity contribution in [3.63, 3.8) is 0 Å². The molecular weight excluding hydrogens is 749 g/mol. The van der Waals surface area contributed by atoms with E-state index in [9.17, 15) is 27.9 Å². The van der Waals surface area contributed by atoms with Crippen LogP contribution in [0, 0.1) is 22.7 Å². The number of aliphatic carboxylic acids is 1. The number of nitrogens with one attached hydrogen (secondary N) is 1. The lowest BCUT2D eigenvalue weighted by molar-refractivity contribution is -0.143. The normalized spacial score (nSPS) is 18.3. The number of ether oxygens (including phenoxy) is 3. The number of benzene rings is 2. The first-order valence-corrected chi connectivity index (χ1v) is 19.0. The highest BCUT2D eigenvalue weighted by Gasteiger charge is 2.50. The summed E-state index contributed by atoms with van der Waals surface area (Å²) in [6.07, 6.45) is -1.63. The highest BCUT2D eigenvalue weighted by atomic mass is 35.5. The number of pyridine rings is 2. The second kappa shape index (κ2) is 16.1. The first-order chi connectivity index (χ1) is 26.9. The van der Waals surface area contributed by atoms with Crippen molar-refractivity contribution in [3.8, 4) is 46.1 Å². The lowest BCUT2D eigenvalue weighted by Gasteiger charge is -2.21. The number of nitriles is 1. The van der Waals surface area contributed by atoms with Crippen LogP contribution in [0.4, 0.5) is 13.2 Å². The SMILES string of the molecule is COc1nc(-c2cccc(-c3cccc4c3CC[C@@H]4Oc3nc(OCC#N)c(CCC4(C(=O)O)CC4)cc3C(F)(F)F)c2Cl)ccc1CNC[C@@H]1CCC(=O)C1. The quantitative estimate of drug-likeness (QED) is 0.120. The molecule has 0 saturated heterocycles. The van der Waals surface area contributed by atoms with E-state index in [2.05, 4.69) is 10.3 Å². The molecule has 0 bridgehead atoms. The van der Waals surface area contributed by atoms with Gasteiger partial charge in [0.05, 0.1) is 23.2 Å². The number of carbonyl (C=O) groups excluding carboxylic acids is 1. The summed E-state index contributed by atoms with van der Waals surface area (Å²) in [5.41, 5.74) is 3.23. The van der Waals surface area contributed by atoms with Crippen LogP contribution in [0.3, 0.4) is 0 Å². The summed E-state index contributed by atoms with van der Waals surface area (Å²) in [5.74, 6) is -0.758. The van der Waals surface area contributed by atoms with Gasteiger partial charge in [-0.3, -0.25) is 9.59 Å². The number of methoxy groups -OCH3 is 1. The zero-order chi connectivity index (χ0) is 39.6. The molecular formula is C42H40ClF3N4O6. The largest absolute Gasteiger partial charge is 0.481 e. The fraction of sp³-hybridized carbons (Fsp3) is 0.405. The average Bonchev–Trinajstić information content (AvgIpc) is 3.71. The molecule has 0 amide bonds. The molecule has 292 valence electrons. The topological polar surface area (TPSA) is 144 Å². The predicted octanol–water partition coefficient (Wildman–Crippen LogP) is 8.72. The molecule has 2 heterocycles. The number of carbonyl (C=O) groups is 2. The van der Waals surface area contributed by atoms with E-state index in [1.807, 2.05) is 54.6 Å². The van der Waals surface area contributed by atoms with Gasteiger partial charge in [0.25, 0.3) is 0 Å². The number of hydrogen-bond acceptors (Lipinski definition) is 9. The van der Waals surface area contributed by atoms with Gasteiger partial charge in [-0.05, 0) is 86.2 Å². The Morgan fingerprint density at radius 1 is 1.02 bits per heavy atom. The number of aromatic nitrogens is 2. The van der Waals surface area contributed by atoms with Crippen LogP contribution in [0.25, 0.3) is 22.4 Å². The molecule has 3 aliphatic carbocycles. The fourth-order valence-corrected chi connectivity index (χ4v) is 8.11. The standard InChI is InChI=1S/C42H40ClF3N4O6/c1-54-37-26(23-48-22-24-8-10-27(51)20-24)9-12-34(49-37)32-7-3-6-31(36(32)43)28-4-2-5-30-29(28)11-13-35(30)56-39-33(42(44,45)46)21-25(38(50-39)55-19-18-47)14-15-41(16-17-41)40(52)53/h2-7,9,12,21,24,35,48H,8,10-11,13-17,19-20,22-23H2,1H3,(H,52,53)/t24-,35+/m1/s1. The molecule has 4 aromatic rings. The van der Waals surface area contributed by atoms with Crippen LogP contribution in [0.5, 0.6) is 17.6 Å². The minimum Gasteiger partial charge on any atom is -0.481 e. The van der Waals surface area contributed by atoms with Crippen molar-refractivity contribution >= 4 is 23.4 Å². The van der Waals surface area contributed by atoms with Crippen molar-refractivity contribution in [3.05, 3.63) is 87.4 Å². The highest BCUT2D eigenvalue weighted by molar-refractivity contribution is 6.36. The Morgan fingerprint density at radius 2 is 1.79 bits per heavy atom. The molecule has 2 aromatic carbocycles. The third kappa shape index (κ3) is 8.18. The number of fused-ring (bicyclic) bond motifs is 1. The molecule has 0 spiro atoms. The van der Waals surface area contributed by atoms with E-state index in [0.717, 1.165) is 41.3 Å². The molecule has 0 unspecified atom stereocenters. The summed E-state index contributed by atoms with van der Waals surface area (Å²) >= 11 is 7.11. The van der Waals surface area contributed by atoms with Crippen LogP contribution in [0.15, 0.2) is 54.6 Å². The number of alkyl halides is 3. The van der Waals surface area contributed by atoms with Crippen molar-refractivity contribution in [2.75, 3.05) is 20.3 Å². The van der Waals surface area contributed by atoms with Gasteiger partial charge in [0.1, 0.15) is 23.5 Å². The first kappa shape index (κ1) is 39.1. The Kier molecular flexibility index (Phi) is 11.2. The zero-order valence-corrected chi connectivity index (χ0v) is 31.4. The maximum atomic E-state index is 14.6. The summed E-state index contributed by atoms with van der Waals surface area (Å²) in [5, 5.41) is 22.6. The monoisotopic (exact) mass is 788 g/mol. The van der Waals surface area contributed by atoms with Crippen molar-refractivity contribution in [1.82, 2.24) is 15.3 Å². The summed E-state index contributed by atoms with van der Waals surface area (Å²) in [6, 6.07) is 17.7.